The molecule has 2 heterocycles. The lowest BCUT2D eigenvalue weighted by Crippen LogP contribution is -2.48. The Balaban J connectivity index is 1.44. The third-order valence-corrected chi connectivity index (χ3v) is 5.38. The van der Waals surface area contributed by atoms with Crippen molar-refractivity contribution in [1.29, 1.82) is 0 Å². The van der Waals surface area contributed by atoms with E-state index in [1.54, 1.807) is 29.2 Å². The fraction of sp³-hybridized carbons (Fsp3) is 0.300. The summed E-state index contributed by atoms with van der Waals surface area (Å²) in [5, 5.41) is 0.576. The molecule has 0 N–H and O–H groups in total. The monoisotopic (exact) mass is 369 g/mol. The van der Waals surface area contributed by atoms with Crippen LogP contribution in [0.5, 0.6) is 0 Å². The van der Waals surface area contributed by atoms with Crippen molar-refractivity contribution in [3.05, 3.63) is 58.6 Å². The largest absolute Gasteiger partial charge is 0.368 e. The molecule has 0 unspecified atom stereocenters. The summed E-state index contributed by atoms with van der Waals surface area (Å²) in [6.07, 6.45) is 0.465. The summed E-state index contributed by atoms with van der Waals surface area (Å²) < 4.78 is 0. The molecule has 2 aliphatic rings. The average Bonchev–Trinajstić information content (AvgIpc) is 2.95. The van der Waals surface area contributed by atoms with Gasteiger partial charge in [-0.15, -0.1) is 0 Å². The highest BCUT2D eigenvalue weighted by Crippen LogP contribution is 2.31. The molecule has 0 aliphatic carbocycles. The van der Waals surface area contributed by atoms with Crippen LogP contribution in [0.4, 0.5) is 11.4 Å². The molecule has 2 aromatic carbocycles. The molecule has 134 valence electrons. The van der Waals surface area contributed by atoms with Gasteiger partial charge in [-0.25, -0.2) is 0 Å². The van der Waals surface area contributed by atoms with Gasteiger partial charge in [0.25, 0.3) is 5.91 Å². The van der Waals surface area contributed by atoms with Crippen molar-refractivity contribution in [2.75, 3.05) is 43.0 Å². The molecule has 1 saturated heterocycles. The second-order valence-electron chi connectivity index (χ2n) is 6.73. The minimum absolute atomic E-state index is 0.0216. The third kappa shape index (κ3) is 3.03. The highest BCUT2D eigenvalue weighted by Gasteiger charge is 2.26. The predicted octanol–water partition coefficient (Wildman–Crippen LogP) is 2.82. The number of benzene rings is 2. The van der Waals surface area contributed by atoms with Gasteiger partial charge in [0, 0.05) is 55.2 Å². The zero-order chi connectivity index (χ0) is 18.3. The predicted molar refractivity (Wildman–Crippen MR) is 103 cm³/mol. The number of fused-ring (bicyclic) bond motifs is 1. The number of amides is 2. The Kier molecular flexibility index (Phi) is 4.32. The second kappa shape index (κ2) is 6.65. The molecule has 0 spiro atoms. The molecule has 26 heavy (non-hydrogen) atoms. The van der Waals surface area contributed by atoms with Gasteiger partial charge >= 0.3 is 0 Å². The summed E-state index contributed by atoms with van der Waals surface area (Å²) in [7, 11) is 1.81. The number of rotatable bonds is 2. The molecule has 0 aromatic heterocycles. The van der Waals surface area contributed by atoms with Crippen molar-refractivity contribution < 1.29 is 9.59 Å². The van der Waals surface area contributed by atoms with E-state index in [1.807, 2.05) is 18.0 Å². The summed E-state index contributed by atoms with van der Waals surface area (Å²) >= 11 is 5.99. The quantitative estimate of drug-likeness (QED) is 0.817. The normalized spacial score (nSPS) is 16.8. The van der Waals surface area contributed by atoms with E-state index < -0.39 is 0 Å². The van der Waals surface area contributed by atoms with E-state index in [1.165, 1.54) is 0 Å². The first-order chi connectivity index (χ1) is 12.5. The molecule has 1 fully saturated rings. The lowest BCUT2D eigenvalue weighted by molar-refractivity contribution is -0.117. The summed E-state index contributed by atoms with van der Waals surface area (Å²) in [5.74, 6) is 0.155. The maximum Gasteiger partial charge on any atom is 0.254 e. The number of carbonyl (C=O) groups is 2. The average molecular weight is 370 g/mol. The summed E-state index contributed by atoms with van der Waals surface area (Å²) in [6.45, 7) is 2.88. The summed E-state index contributed by atoms with van der Waals surface area (Å²) in [4.78, 5) is 30.3. The first-order valence-electron chi connectivity index (χ1n) is 8.72. The van der Waals surface area contributed by atoms with Crippen molar-refractivity contribution in [2.45, 2.75) is 6.42 Å². The van der Waals surface area contributed by atoms with Crippen LogP contribution >= 0.6 is 11.6 Å². The summed E-state index contributed by atoms with van der Waals surface area (Å²) in [5.41, 5.74) is 3.81. The third-order valence-electron chi connectivity index (χ3n) is 5.14. The van der Waals surface area contributed by atoms with Crippen molar-refractivity contribution in [3.63, 3.8) is 0 Å². The molecular formula is C20H20ClN3O2. The Labute approximate surface area is 157 Å². The van der Waals surface area contributed by atoms with Gasteiger partial charge in [-0.3, -0.25) is 9.59 Å². The molecule has 0 atom stereocenters. The van der Waals surface area contributed by atoms with Crippen LogP contribution in [0.3, 0.4) is 0 Å². The van der Waals surface area contributed by atoms with Crippen LogP contribution in [-0.4, -0.2) is 49.9 Å². The lowest BCUT2D eigenvalue weighted by atomic mass is 10.1. The van der Waals surface area contributed by atoms with Crippen LogP contribution in [0.25, 0.3) is 0 Å². The first-order valence-corrected chi connectivity index (χ1v) is 9.10. The second-order valence-corrected chi connectivity index (χ2v) is 7.17. The topological polar surface area (TPSA) is 43.9 Å². The minimum Gasteiger partial charge on any atom is -0.368 e. The van der Waals surface area contributed by atoms with E-state index in [0.29, 0.717) is 30.1 Å². The van der Waals surface area contributed by atoms with Crippen LogP contribution < -0.4 is 9.80 Å². The standard InChI is InChI=1S/C20H20ClN3O2/c1-22-18-6-5-17(12-15(18)13-19(22)25)23-7-9-24(10-8-23)20(26)14-3-2-4-16(21)11-14/h2-6,11-12H,7-10,13H2,1H3. The molecule has 2 aromatic rings. The Morgan fingerprint density at radius 1 is 1.04 bits per heavy atom. The molecule has 0 bridgehead atoms. The first kappa shape index (κ1) is 16.9. The van der Waals surface area contributed by atoms with Gasteiger partial charge in [-0.2, -0.15) is 0 Å². The van der Waals surface area contributed by atoms with E-state index in [9.17, 15) is 9.59 Å². The van der Waals surface area contributed by atoms with Crippen molar-refractivity contribution in [3.8, 4) is 0 Å². The highest BCUT2D eigenvalue weighted by atomic mass is 35.5. The van der Waals surface area contributed by atoms with Crippen LogP contribution in [-0.2, 0) is 11.2 Å². The van der Waals surface area contributed by atoms with Gasteiger partial charge in [0.15, 0.2) is 0 Å². The van der Waals surface area contributed by atoms with Gasteiger partial charge < -0.3 is 14.7 Å². The zero-order valence-corrected chi connectivity index (χ0v) is 15.4. The van der Waals surface area contributed by atoms with Crippen molar-refractivity contribution >= 4 is 34.8 Å². The van der Waals surface area contributed by atoms with E-state index in [-0.39, 0.29) is 11.8 Å². The van der Waals surface area contributed by atoms with Gasteiger partial charge in [0.2, 0.25) is 5.91 Å². The molecule has 0 saturated carbocycles. The number of halogens is 1. The minimum atomic E-state index is 0.0216. The van der Waals surface area contributed by atoms with Crippen LogP contribution in [0.15, 0.2) is 42.5 Å². The maximum atomic E-state index is 12.6. The number of piperazine rings is 1. The zero-order valence-electron chi connectivity index (χ0n) is 14.6. The van der Waals surface area contributed by atoms with E-state index in [0.717, 1.165) is 30.0 Å². The van der Waals surface area contributed by atoms with E-state index in [4.69, 9.17) is 11.6 Å². The molecule has 6 heteroatoms. The fourth-order valence-corrected chi connectivity index (χ4v) is 3.82. The van der Waals surface area contributed by atoms with Gasteiger partial charge in [-0.1, -0.05) is 17.7 Å². The number of anilines is 2. The number of likely N-dealkylation sites (N-methyl/N-ethyl adjacent to an activating group) is 1. The van der Waals surface area contributed by atoms with Crippen LogP contribution in [0.2, 0.25) is 5.02 Å². The smallest absolute Gasteiger partial charge is 0.254 e. The number of hydrogen-bond acceptors (Lipinski definition) is 3. The SMILES string of the molecule is CN1C(=O)Cc2cc(N3CCN(C(=O)c4cccc(Cl)c4)CC3)ccc21. The summed E-state index contributed by atoms with van der Waals surface area (Å²) in [6, 6.07) is 13.3. The van der Waals surface area contributed by atoms with Crippen LogP contribution in [0, 0.1) is 0 Å². The van der Waals surface area contributed by atoms with Gasteiger partial charge in [0.05, 0.1) is 6.42 Å². The van der Waals surface area contributed by atoms with Crippen molar-refractivity contribution in [2.24, 2.45) is 0 Å². The Morgan fingerprint density at radius 3 is 2.54 bits per heavy atom. The fourth-order valence-electron chi connectivity index (χ4n) is 3.63. The highest BCUT2D eigenvalue weighted by molar-refractivity contribution is 6.30. The molecule has 2 aliphatic heterocycles. The van der Waals surface area contributed by atoms with Crippen LogP contribution in [0.1, 0.15) is 15.9 Å². The van der Waals surface area contributed by atoms with E-state index >= 15 is 0 Å². The molecule has 2 amide bonds. The number of carbonyl (C=O) groups excluding carboxylic acids is 2. The molecular weight excluding hydrogens is 350 g/mol. The molecule has 5 nitrogen and oxygen atoms in total. The lowest BCUT2D eigenvalue weighted by Gasteiger charge is -2.36. The van der Waals surface area contributed by atoms with Crippen molar-refractivity contribution in [1.82, 2.24) is 4.90 Å². The maximum absolute atomic E-state index is 12.6. The molecule has 0 radical (unpaired) electrons. The van der Waals surface area contributed by atoms with Gasteiger partial charge in [0.1, 0.15) is 0 Å². The van der Waals surface area contributed by atoms with Gasteiger partial charge in [-0.05, 0) is 42.0 Å². The number of hydrogen-bond donors (Lipinski definition) is 0. The number of nitrogens with zero attached hydrogens (tertiary/aromatic N) is 3. The Morgan fingerprint density at radius 2 is 1.81 bits per heavy atom. The Hall–Kier alpha value is -2.53. The van der Waals surface area contributed by atoms with E-state index in [2.05, 4.69) is 17.0 Å². The molecule has 4 rings (SSSR count). The Bertz CT molecular complexity index is 875.